The van der Waals surface area contributed by atoms with Crippen LogP contribution in [0.25, 0.3) is 0 Å². The summed E-state index contributed by atoms with van der Waals surface area (Å²) in [5.74, 6) is -0.597. The lowest BCUT2D eigenvalue weighted by Crippen LogP contribution is -2.24. The molecule has 1 atom stereocenters. The fourth-order valence-electron chi connectivity index (χ4n) is 3.39. The number of fused-ring (bicyclic) bond motifs is 1. The molecule has 0 unspecified atom stereocenters. The summed E-state index contributed by atoms with van der Waals surface area (Å²) < 4.78 is 5.77. The van der Waals surface area contributed by atoms with Crippen molar-refractivity contribution in [2.24, 2.45) is 5.41 Å². The van der Waals surface area contributed by atoms with E-state index in [0.717, 1.165) is 0 Å². The standard InChI is InChI=1S/C19H21NO5/c1-10-15-13(21)8-19(2,3)9-14(15)25-16(10)17(22)20-12-6-4-11(5-7-12)18(23)24/h4-7,13,21H,8-9H2,1-3H3,(H,20,22)(H,23,24)/t13-/m0/s1. The normalized spacial score (nSPS) is 18.5. The predicted octanol–water partition coefficient (Wildman–Crippen LogP) is 3.54. The van der Waals surface area contributed by atoms with Crippen LogP contribution in [-0.2, 0) is 6.42 Å². The van der Waals surface area contributed by atoms with Gasteiger partial charge < -0.3 is 19.9 Å². The van der Waals surface area contributed by atoms with Crippen molar-refractivity contribution < 1.29 is 24.2 Å². The van der Waals surface area contributed by atoms with Gasteiger partial charge in [-0.25, -0.2) is 4.79 Å². The zero-order valence-electron chi connectivity index (χ0n) is 14.4. The fourth-order valence-corrected chi connectivity index (χ4v) is 3.39. The van der Waals surface area contributed by atoms with Gasteiger partial charge in [-0.1, -0.05) is 13.8 Å². The molecule has 1 aromatic carbocycles. The summed E-state index contributed by atoms with van der Waals surface area (Å²) in [7, 11) is 0. The van der Waals surface area contributed by atoms with E-state index in [1.807, 2.05) is 0 Å². The number of carboxylic acid groups (broad SMARTS) is 1. The molecule has 0 saturated carbocycles. The molecule has 1 aliphatic carbocycles. The van der Waals surface area contributed by atoms with Crippen LogP contribution in [0.5, 0.6) is 0 Å². The number of benzene rings is 1. The van der Waals surface area contributed by atoms with Gasteiger partial charge in [0.25, 0.3) is 5.91 Å². The Morgan fingerprint density at radius 2 is 1.88 bits per heavy atom. The molecule has 6 heteroatoms. The molecular formula is C19H21NO5. The van der Waals surface area contributed by atoms with Crippen molar-refractivity contribution >= 4 is 17.6 Å². The summed E-state index contributed by atoms with van der Waals surface area (Å²) in [6.45, 7) is 5.88. The van der Waals surface area contributed by atoms with Crippen LogP contribution in [0.3, 0.4) is 0 Å². The first-order valence-corrected chi connectivity index (χ1v) is 8.13. The molecule has 2 aromatic rings. The number of aliphatic hydroxyl groups excluding tert-OH is 1. The highest BCUT2D eigenvalue weighted by molar-refractivity contribution is 6.03. The number of furan rings is 1. The molecule has 0 aliphatic heterocycles. The Morgan fingerprint density at radius 1 is 1.24 bits per heavy atom. The van der Waals surface area contributed by atoms with Crippen molar-refractivity contribution in [3.05, 3.63) is 52.5 Å². The first kappa shape index (κ1) is 17.2. The van der Waals surface area contributed by atoms with E-state index in [4.69, 9.17) is 9.52 Å². The average Bonchev–Trinajstić information content (AvgIpc) is 2.83. The number of aliphatic hydroxyl groups is 1. The highest BCUT2D eigenvalue weighted by Crippen LogP contribution is 2.44. The van der Waals surface area contributed by atoms with Gasteiger partial charge in [-0.2, -0.15) is 0 Å². The lowest BCUT2D eigenvalue weighted by Gasteiger charge is -2.31. The third-order valence-electron chi connectivity index (χ3n) is 4.58. The summed E-state index contributed by atoms with van der Waals surface area (Å²) in [6, 6.07) is 5.89. The van der Waals surface area contributed by atoms with Crippen LogP contribution in [-0.4, -0.2) is 22.1 Å². The number of carbonyl (C=O) groups excluding carboxylic acids is 1. The molecule has 3 rings (SSSR count). The quantitative estimate of drug-likeness (QED) is 0.791. The van der Waals surface area contributed by atoms with Crippen LogP contribution in [0.1, 0.15) is 64.2 Å². The number of hydrogen-bond acceptors (Lipinski definition) is 4. The number of nitrogens with one attached hydrogen (secondary N) is 1. The van der Waals surface area contributed by atoms with Crippen molar-refractivity contribution in [3.8, 4) is 0 Å². The van der Waals surface area contributed by atoms with Crippen LogP contribution in [0.4, 0.5) is 5.69 Å². The Kier molecular flexibility index (Phi) is 4.16. The van der Waals surface area contributed by atoms with Crippen LogP contribution < -0.4 is 5.32 Å². The van der Waals surface area contributed by atoms with Crippen molar-refractivity contribution in [2.45, 2.75) is 39.7 Å². The highest BCUT2D eigenvalue weighted by Gasteiger charge is 2.37. The summed E-state index contributed by atoms with van der Waals surface area (Å²) in [6.07, 6.45) is 0.651. The Morgan fingerprint density at radius 3 is 2.48 bits per heavy atom. The molecule has 1 heterocycles. The Balaban J connectivity index is 1.85. The third-order valence-corrected chi connectivity index (χ3v) is 4.58. The van der Waals surface area contributed by atoms with Gasteiger partial charge in [-0.05, 0) is 43.0 Å². The van der Waals surface area contributed by atoms with Gasteiger partial charge in [-0.15, -0.1) is 0 Å². The van der Waals surface area contributed by atoms with Gasteiger partial charge in [0.2, 0.25) is 0 Å². The number of carbonyl (C=O) groups is 2. The average molecular weight is 343 g/mol. The summed E-state index contributed by atoms with van der Waals surface area (Å²) in [5.41, 5.74) is 1.90. The van der Waals surface area contributed by atoms with E-state index >= 15 is 0 Å². The largest absolute Gasteiger partial charge is 0.478 e. The maximum atomic E-state index is 12.5. The first-order valence-electron chi connectivity index (χ1n) is 8.13. The van der Waals surface area contributed by atoms with Crippen molar-refractivity contribution in [2.75, 3.05) is 5.32 Å². The van der Waals surface area contributed by atoms with Crippen LogP contribution in [0.2, 0.25) is 0 Å². The Bertz CT molecular complexity index is 832. The van der Waals surface area contributed by atoms with Gasteiger partial charge >= 0.3 is 5.97 Å². The number of anilines is 1. The topological polar surface area (TPSA) is 99.8 Å². The molecule has 0 spiro atoms. The summed E-state index contributed by atoms with van der Waals surface area (Å²) in [5, 5.41) is 22.0. The second kappa shape index (κ2) is 6.04. The minimum Gasteiger partial charge on any atom is -0.478 e. The lowest BCUT2D eigenvalue weighted by molar-refractivity contribution is 0.0696. The first-order chi connectivity index (χ1) is 11.7. The van der Waals surface area contributed by atoms with Crippen LogP contribution in [0, 0.1) is 12.3 Å². The maximum absolute atomic E-state index is 12.5. The van der Waals surface area contributed by atoms with E-state index in [1.54, 1.807) is 6.92 Å². The van der Waals surface area contributed by atoms with Crippen LogP contribution in [0.15, 0.2) is 28.7 Å². The van der Waals surface area contributed by atoms with E-state index < -0.39 is 18.0 Å². The second-order valence-corrected chi connectivity index (χ2v) is 7.29. The minimum atomic E-state index is -1.02. The molecule has 25 heavy (non-hydrogen) atoms. The molecule has 1 aromatic heterocycles. The number of aromatic carboxylic acids is 1. The van der Waals surface area contributed by atoms with Crippen molar-refractivity contribution in [3.63, 3.8) is 0 Å². The molecule has 6 nitrogen and oxygen atoms in total. The van der Waals surface area contributed by atoms with Gasteiger partial charge in [-0.3, -0.25) is 4.79 Å². The van der Waals surface area contributed by atoms with E-state index in [2.05, 4.69) is 19.2 Å². The molecule has 0 radical (unpaired) electrons. The molecule has 1 aliphatic rings. The fraction of sp³-hybridized carbons (Fsp3) is 0.368. The minimum absolute atomic E-state index is 0.0862. The number of rotatable bonds is 3. The highest BCUT2D eigenvalue weighted by atomic mass is 16.4. The number of amides is 1. The summed E-state index contributed by atoms with van der Waals surface area (Å²) in [4.78, 5) is 23.4. The summed E-state index contributed by atoms with van der Waals surface area (Å²) >= 11 is 0. The Hall–Kier alpha value is -2.60. The van der Waals surface area contributed by atoms with Gasteiger partial charge in [0.05, 0.1) is 11.7 Å². The van der Waals surface area contributed by atoms with E-state index in [1.165, 1.54) is 24.3 Å². The van der Waals surface area contributed by atoms with Gasteiger partial charge in [0, 0.05) is 23.2 Å². The molecular weight excluding hydrogens is 322 g/mol. The van der Waals surface area contributed by atoms with E-state index in [-0.39, 0.29) is 16.7 Å². The molecule has 3 N–H and O–H groups in total. The van der Waals surface area contributed by atoms with E-state index in [0.29, 0.717) is 35.4 Å². The molecule has 0 fully saturated rings. The molecule has 0 saturated heterocycles. The monoisotopic (exact) mass is 343 g/mol. The van der Waals surface area contributed by atoms with Gasteiger partial charge in [0.1, 0.15) is 5.76 Å². The van der Waals surface area contributed by atoms with Crippen molar-refractivity contribution in [1.82, 2.24) is 0 Å². The number of carboxylic acids is 1. The van der Waals surface area contributed by atoms with Gasteiger partial charge in [0.15, 0.2) is 5.76 Å². The predicted molar refractivity (Wildman–Crippen MR) is 91.9 cm³/mol. The zero-order valence-corrected chi connectivity index (χ0v) is 14.4. The molecule has 1 amide bonds. The maximum Gasteiger partial charge on any atom is 0.335 e. The SMILES string of the molecule is Cc1c(C(=O)Nc2ccc(C(=O)O)cc2)oc2c1[C@@H](O)CC(C)(C)C2. The molecule has 132 valence electrons. The third kappa shape index (κ3) is 3.30. The zero-order chi connectivity index (χ0) is 18.4. The smallest absolute Gasteiger partial charge is 0.335 e. The van der Waals surface area contributed by atoms with E-state index in [9.17, 15) is 14.7 Å². The van der Waals surface area contributed by atoms with Crippen molar-refractivity contribution in [1.29, 1.82) is 0 Å². The molecule has 0 bridgehead atoms. The van der Waals surface area contributed by atoms with Crippen LogP contribution >= 0.6 is 0 Å². The number of hydrogen-bond donors (Lipinski definition) is 3. The Labute approximate surface area is 145 Å². The second-order valence-electron chi connectivity index (χ2n) is 7.29. The lowest BCUT2D eigenvalue weighted by atomic mass is 9.75.